The number of nitrogens with zero attached hydrogens (tertiary/aromatic N) is 2. The summed E-state index contributed by atoms with van der Waals surface area (Å²) in [6, 6.07) is 9.78. The second kappa shape index (κ2) is 12.3. The average molecular weight is 416 g/mol. The number of aliphatic hydroxyl groups excluding tert-OH is 2. The van der Waals surface area contributed by atoms with Gasteiger partial charge in [-0.25, -0.2) is 0 Å². The number of nitrogens with one attached hydrogen (secondary N) is 1. The standard InChI is InChI=1S/C21H27N3O4.C2H6/c22-13-16(21(27)23-14-19-11-18(25)12-20(26)28-19)10-15-4-6-17(7-5-15)24-8-2-1-3-9-24;1-2/h4-7,10,18-20,25-26H,1-3,8-9,11-12,14H2,(H,23,27);1-2H3/b16-10+;. The van der Waals surface area contributed by atoms with Gasteiger partial charge in [-0.2, -0.15) is 5.26 Å². The molecular weight excluding hydrogens is 382 g/mol. The SMILES string of the molecule is CC.N#C/C(=C\c1ccc(N2CCCCC2)cc1)C(=O)NCC1CC(O)CC(O)O1. The predicted octanol–water partition coefficient (Wildman–Crippen LogP) is 2.58. The van der Waals surface area contributed by atoms with E-state index in [0.717, 1.165) is 24.3 Å². The summed E-state index contributed by atoms with van der Waals surface area (Å²) in [5, 5.41) is 31.2. The Morgan fingerprint density at radius 2 is 1.87 bits per heavy atom. The zero-order chi connectivity index (χ0) is 21.9. The lowest BCUT2D eigenvalue weighted by molar-refractivity contribution is -0.187. The number of benzene rings is 1. The van der Waals surface area contributed by atoms with Gasteiger partial charge < -0.3 is 25.2 Å². The molecule has 3 rings (SSSR count). The van der Waals surface area contributed by atoms with Crippen LogP contribution in [-0.4, -0.2) is 54.3 Å². The maximum atomic E-state index is 12.3. The molecular formula is C23H33N3O4. The van der Waals surface area contributed by atoms with Crippen LogP contribution in [0.25, 0.3) is 6.08 Å². The topological polar surface area (TPSA) is 106 Å². The van der Waals surface area contributed by atoms with Gasteiger partial charge in [0.2, 0.25) is 0 Å². The number of hydrogen-bond donors (Lipinski definition) is 3. The second-order valence-electron chi connectivity index (χ2n) is 7.36. The van der Waals surface area contributed by atoms with Gasteiger partial charge in [-0.15, -0.1) is 0 Å². The number of carbonyl (C=O) groups is 1. The molecule has 3 N–H and O–H groups in total. The molecule has 1 amide bonds. The van der Waals surface area contributed by atoms with Gasteiger partial charge in [-0.1, -0.05) is 26.0 Å². The fourth-order valence-electron chi connectivity index (χ4n) is 3.65. The zero-order valence-corrected chi connectivity index (χ0v) is 17.9. The molecule has 2 heterocycles. The smallest absolute Gasteiger partial charge is 0.262 e. The summed E-state index contributed by atoms with van der Waals surface area (Å²) in [5.41, 5.74) is 1.95. The highest BCUT2D eigenvalue weighted by Gasteiger charge is 2.27. The number of piperidine rings is 1. The third-order valence-electron chi connectivity index (χ3n) is 5.14. The van der Waals surface area contributed by atoms with E-state index in [4.69, 9.17) is 4.74 Å². The van der Waals surface area contributed by atoms with Crippen molar-refractivity contribution < 1.29 is 19.7 Å². The van der Waals surface area contributed by atoms with Gasteiger partial charge in [0.1, 0.15) is 11.6 Å². The van der Waals surface area contributed by atoms with Crippen LogP contribution in [0.3, 0.4) is 0 Å². The zero-order valence-electron chi connectivity index (χ0n) is 17.9. The second-order valence-corrected chi connectivity index (χ2v) is 7.36. The van der Waals surface area contributed by atoms with Crippen molar-refractivity contribution in [3.8, 4) is 6.07 Å². The Labute approximate surface area is 179 Å². The van der Waals surface area contributed by atoms with Gasteiger partial charge in [-0.05, 0) is 43.0 Å². The van der Waals surface area contributed by atoms with E-state index in [1.54, 1.807) is 6.08 Å². The molecule has 2 aliphatic rings. The van der Waals surface area contributed by atoms with Crippen LogP contribution in [0.1, 0.15) is 51.5 Å². The van der Waals surface area contributed by atoms with Crippen LogP contribution < -0.4 is 10.2 Å². The number of rotatable bonds is 5. The number of carbonyl (C=O) groups excluding carboxylic acids is 1. The number of ether oxygens (including phenoxy) is 1. The Morgan fingerprint density at radius 1 is 1.20 bits per heavy atom. The first-order chi connectivity index (χ1) is 14.5. The van der Waals surface area contributed by atoms with Crippen molar-refractivity contribution in [1.29, 1.82) is 5.26 Å². The first-order valence-electron chi connectivity index (χ1n) is 10.8. The summed E-state index contributed by atoms with van der Waals surface area (Å²) in [6.07, 6.45) is 3.58. The highest BCUT2D eigenvalue weighted by molar-refractivity contribution is 6.01. The molecule has 3 atom stereocenters. The Hall–Kier alpha value is -2.40. The maximum Gasteiger partial charge on any atom is 0.262 e. The van der Waals surface area contributed by atoms with Crippen LogP contribution >= 0.6 is 0 Å². The van der Waals surface area contributed by atoms with Crippen molar-refractivity contribution in [3.63, 3.8) is 0 Å². The molecule has 2 aliphatic heterocycles. The fraction of sp³-hybridized carbons (Fsp3) is 0.565. The minimum Gasteiger partial charge on any atom is -0.393 e. The van der Waals surface area contributed by atoms with Crippen LogP contribution in [-0.2, 0) is 9.53 Å². The third kappa shape index (κ3) is 7.13. The van der Waals surface area contributed by atoms with Crippen molar-refractivity contribution in [2.75, 3.05) is 24.5 Å². The number of hydrogen-bond acceptors (Lipinski definition) is 6. The van der Waals surface area contributed by atoms with Gasteiger partial charge in [0.15, 0.2) is 6.29 Å². The fourth-order valence-corrected chi connectivity index (χ4v) is 3.65. The number of anilines is 1. The molecule has 30 heavy (non-hydrogen) atoms. The van der Waals surface area contributed by atoms with Crippen LogP contribution in [0.4, 0.5) is 5.69 Å². The molecule has 1 aromatic carbocycles. The maximum absolute atomic E-state index is 12.3. The number of nitriles is 1. The lowest BCUT2D eigenvalue weighted by Gasteiger charge is -2.30. The largest absolute Gasteiger partial charge is 0.393 e. The summed E-state index contributed by atoms with van der Waals surface area (Å²) in [6.45, 7) is 6.25. The number of amides is 1. The molecule has 164 valence electrons. The van der Waals surface area contributed by atoms with Gasteiger partial charge >= 0.3 is 0 Å². The highest BCUT2D eigenvalue weighted by Crippen LogP contribution is 2.21. The summed E-state index contributed by atoms with van der Waals surface area (Å²) < 4.78 is 5.28. The molecule has 0 spiro atoms. The molecule has 7 heteroatoms. The summed E-state index contributed by atoms with van der Waals surface area (Å²) in [7, 11) is 0. The Morgan fingerprint density at radius 3 is 2.47 bits per heavy atom. The lowest BCUT2D eigenvalue weighted by Crippen LogP contribution is -2.42. The van der Waals surface area contributed by atoms with Crippen molar-refractivity contribution in [2.45, 2.75) is 64.4 Å². The van der Waals surface area contributed by atoms with Crippen LogP contribution in [0, 0.1) is 11.3 Å². The monoisotopic (exact) mass is 415 g/mol. The average Bonchev–Trinajstić information content (AvgIpc) is 2.77. The highest BCUT2D eigenvalue weighted by atomic mass is 16.6. The van der Waals surface area contributed by atoms with Crippen molar-refractivity contribution in [1.82, 2.24) is 5.32 Å². The lowest BCUT2D eigenvalue weighted by atomic mass is 10.0. The van der Waals surface area contributed by atoms with E-state index < -0.39 is 24.4 Å². The van der Waals surface area contributed by atoms with Crippen molar-refractivity contribution >= 4 is 17.7 Å². The molecule has 7 nitrogen and oxygen atoms in total. The number of aliphatic hydroxyl groups is 2. The van der Waals surface area contributed by atoms with E-state index in [9.17, 15) is 20.3 Å². The van der Waals surface area contributed by atoms with E-state index in [2.05, 4.69) is 10.2 Å². The quantitative estimate of drug-likeness (QED) is 0.504. The Bertz CT molecular complexity index is 726. The summed E-state index contributed by atoms with van der Waals surface area (Å²) in [4.78, 5) is 14.7. The Balaban J connectivity index is 0.00000155. The van der Waals surface area contributed by atoms with E-state index in [1.807, 2.05) is 44.2 Å². The normalized spacial score (nSPS) is 24.3. The van der Waals surface area contributed by atoms with E-state index in [0.29, 0.717) is 6.42 Å². The molecule has 2 saturated heterocycles. The van der Waals surface area contributed by atoms with Crippen LogP contribution in [0.2, 0.25) is 0 Å². The predicted molar refractivity (Wildman–Crippen MR) is 117 cm³/mol. The summed E-state index contributed by atoms with van der Waals surface area (Å²) >= 11 is 0. The summed E-state index contributed by atoms with van der Waals surface area (Å²) in [5.74, 6) is -0.499. The van der Waals surface area contributed by atoms with E-state index >= 15 is 0 Å². The third-order valence-corrected chi connectivity index (χ3v) is 5.14. The van der Waals surface area contributed by atoms with Crippen molar-refractivity contribution in [2.24, 2.45) is 0 Å². The Kier molecular flexibility index (Phi) is 9.81. The molecule has 2 fully saturated rings. The van der Waals surface area contributed by atoms with E-state index in [-0.39, 0.29) is 18.5 Å². The first kappa shape index (κ1) is 23.9. The first-order valence-corrected chi connectivity index (χ1v) is 10.8. The molecule has 0 saturated carbocycles. The van der Waals surface area contributed by atoms with Gasteiger partial charge in [0.05, 0.1) is 12.2 Å². The molecule has 1 aromatic rings. The minimum absolute atomic E-state index is 0.00243. The van der Waals surface area contributed by atoms with E-state index in [1.165, 1.54) is 19.3 Å². The molecule has 0 bridgehead atoms. The van der Waals surface area contributed by atoms with Gasteiger partial charge in [0, 0.05) is 38.2 Å². The molecule has 0 aliphatic carbocycles. The van der Waals surface area contributed by atoms with Crippen LogP contribution in [0.15, 0.2) is 29.8 Å². The van der Waals surface area contributed by atoms with Crippen molar-refractivity contribution in [3.05, 3.63) is 35.4 Å². The van der Waals surface area contributed by atoms with Gasteiger partial charge in [-0.3, -0.25) is 4.79 Å². The molecule has 0 radical (unpaired) electrons. The molecule has 3 unspecified atom stereocenters. The van der Waals surface area contributed by atoms with Crippen LogP contribution in [0.5, 0.6) is 0 Å². The molecule has 0 aromatic heterocycles. The minimum atomic E-state index is -1.03. The van der Waals surface area contributed by atoms with Gasteiger partial charge in [0.25, 0.3) is 5.91 Å².